The van der Waals surface area contributed by atoms with Gasteiger partial charge in [0.25, 0.3) is 0 Å². The average Bonchev–Trinajstić information content (AvgIpc) is 2.55. The van der Waals surface area contributed by atoms with Crippen LogP contribution in [0.1, 0.15) is 26.3 Å². The van der Waals surface area contributed by atoms with Crippen LogP contribution in [0.15, 0.2) is 27.7 Å². The summed E-state index contributed by atoms with van der Waals surface area (Å²) in [6.07, 6.45) is 0. The van der Waals surface area contributed by atoms with Gasteiger partial charge in [-0.3, -0.25) is 4.99 Å². The molecule has 0 fully saturated rings. The van der Waals surface area contributed by atoms with Crippen LogP contribution in [0.4, 0.5) is 0 Å². The molecule has 0 saturated carbocycles. The molecule has 0 bridgehead atoms. The van der Waals surface area contributed by atoms with Gasteiger partial charge in [-0.15, -0.1) is 0 Å². The lowest BCUT2D eigenvalue weighted by Gasteiger charge is -2.40. The van der Waals surface area contributed by atoms with E-state index in [-0.39, 0.29) is 11.6 Å². The molecule has 0 aromatic heterocycles. The van der Waals surface area contributed by atoms with E-state index in [1.165, 1.54) is 0 Å². The average molecular weight is 331 g/mol. The molecule has 1 aliphatic rings. The molecule has 2 N–H and O–H groups in total. The molecule has 0 aliphatic carbocycles. The fraction of sp³-hybridized carbons (Fsp3) is 0.462. The minimum atomic E-state index is -0.268. The van der Waals surface area contributed by atoms with E-state index in [0.29, 0.717) is 12.5 Å². The SMILES string of the molecule is CC(C)N1C(N)=NCC1(C)c1ccc(Br)cc1Cl. The Morgan fingerprint density at radius 3 is 2.72 bits per heavy atom. The van der Waals surface area contributed by atoms with E-state index in [4.69, 9.17) is 17.3 Å². The zero-order chi connectivity index (χ0) is 13.5. The highest BCUT2D eigenvalue weighted by Crippen LogP contribution is 2.38. The summed E-state index contributed by atoms with van der Waals surface area (Å²) in [4.78, 5) is 6.51. The molecular weight excluding hydrogens is 314 g/mol. The molecule has 3 nitrogen and oxygen atoms in total. The normalized spacial score (nSPS) is 23.7. The van der Waals surface area contributed by atoms with Crippen molar-refractivity contribution in [1.82, 2.24) is 4.90 Å². The van der Waals surface area contributed by atoms with Crippen molar-refractivity contribution in [2.24, 2.45) is 10.7 Å². The topological polar surface area (TPSA) is 41.6 Å². The summed E-state index contributed by atoms with van der Waals surface area (Å²) < 4.78 is 0.975. The zero-order valence-electron chi connectivity index (χ0n) is 10.7. The van der Waals surface area contributed by atoms with Gasteiger partial charge >= 0.3 is 0 Å². The molecule has 1 atom stereocenters. The lowest BCUT2D eigenvalue weighted by Crippen LogP contribution is -2.51. The van der Waals surface area contributed by atoms with E-state index in [9.17, 15) is 0 Å². The van der Waals surface area contributed by atoms with Gasteiger partial charge in [0.05, 0.1) is 12.1 Å². The Morgan fingerprint density at radius 1 is 1.50 bits per heavy atom. The smallest absolute Gasteiger partial charge is 0.192 e. The molecule has 1 aliphatic heterocycles. The summed E-state index contributed by atoms with van der Waals surface area (Å²) >= 11 is 9.80. The molecule has 18 heavy (non-hydrogen) atoms. The monoisotopic (exact) mass is 329 g/mol. The summed E-state index contributed by atoms with van der Waals surface area (Å²) in [7, 11) is 0. The Balaban J connectivity index is 2.48. The molecule has 1 aromatic rings. The summed E-state index contributed by atoms with van der Waals surface area (Å²) in [6.45, 7) is 6.99. The van der Waals surface area contributed by atoms with Crippen LogP contribution in [0, 0.1) is 0 Å². The van der Waals surface area contributed by atoms with E-state index in [2.05, 4.69) is 46.6 Å². The van der Waals surface area contributed by atoms with Crippen molar-refractivity contribution in [3.05, 3.63) is 33.3 Å². The summed E-state index contributed by atoms with van der Waals surface area (Å²) in [6, 6.07) is 6.23. The number of guanidine groups is 1. The molecule has 0 radical (unpaired) electrons. The highest BCUT2D eigenvalue weighted by molar-refractivity contribution is 9.10. The van der Waals surface area contributed by atoms with Crippen LogP contribution in [0.3, 0.4) is 0 Å². The Morgan fingerprint density at radius 2 is 2.17 bits per heavy atom. The van der Waals surface area contributed by atoms with Gasteiger partial charge in [-0.1, -0.05) is 33.6 Å². The van der Waals surface area contributed by atoms with E-state index >= 15 is 0 Å². The third kappa shape index (κ3) is 2.12. The van der Waals surface area contributed by atoms with Crippen LogP contribution in [-0.2, 0) is 5.54 Å². The van der Waals surface area contributed by atoms with Crippen LogP contribution < -0.4 is 5.73 Å². The van der Waals surface area contributed by atoms with Crippen molar-refractivity contribution in [3.8, 4) is 0 Å². The Bertz CT molecular complexity index is 501. The number of hydrogen-bond donors (Lipinski definition) is 1. The fourth-order valence-electron chi connectivity index (χ4n) is 2.62. The largest absolute Gasteiger partial charge is 0.370 e. The van der Waals surface area contributed by atoms with Gasteiger partial charge in [0.2, 0.25) is 0 Å². The first-order valence-electron chi connectivity index (χ1n) is 5.91. The van der Waals surface area contributed by atoms with Crippen molar-refractivity contribution in [3.63, 3.8) is 0 Å². The van der Waals surface area contributed by atoms with Crippen LogP contribution in [0.25, 0.3) is 0 Å². The van der Waals surface area contributed by atoms with Crippen molar-refractivity contribution < 1.29 is 0 Å². The number of hydrogen-bond acceptors (Lipinski definition) is 3. The zero-order valence-corrected chi connectivity index (χ0v) is 13.1. The van der Waals surface area contributed by atoms with Crippen molar-refractivity contribution in [2.45, 2.75) is 32.4 Å². The van der Waals surface area contributed by atoms with Gasteiger partial charge in [0.1, 0.15) is 0 Å². The van der Waals surface area contributed by atoms with Crippen LogP contribution in [0.2, 0.25) is 5.02 Å². The molecule has 2 rings (SSSR count). The second-order valence-electron chi connectivity index (χ2n) is 5.04. The van der Waals surface area contributed by atoms with Gasteiger partial charge in [-0.05, 0) is 38.5 Å². The molecular formula is C13H17BrClN3. The first-order valence-corrected chi connectivity index (χ1v) is 7.08. The third-order valence-electron chi connectivity index (χ3n) is 3.36. The number of halogens is 2. The maximum absolute atomic E-state index is 6.37. The quantitative estimate of drug-likeness (QED) is 0.903. The van der Waals surface area contributed by atoms with Crippen molar-refractivity contribution in [2.75, 3.05) is 6.54 Å². The fourth-order valence-corrected chi connectivity index (χ4v) is 3.49. The second-order valence-corrected chi connectivity index (χ2v) is 6.36. The molecule has 0 spiro atoms. The molecule has 1 aromatic carbocycles. The first kappa shape index (κ1) is 13.7. The second kappa shape index (κ2) is 4.74. The number of rotatable bonds is 2. The summed E-state index contributed by atoms with van der Waals surface area (Å²) in [5.41, 5.74) is 6.79. The van der Waals surface area contributed by atoms with Crippen LogP contribution in [0.5, 0.6) is 0 Å². The number of benzene rings is 1. The van der Waals surface area contributed by atoms with Crippen molar-refractivity contribution >= 4 is 33.5 Å². The highest BCUT2D eigenvalue weighted by Gasteiger charge is 2.42. The summed E-state index contributed by atoms with van der Waals surface area (Å²) in [5.74, 6) is 0.589. The maximum atomic E-state index is 6.37. The van der Waals surface area contributed by atoms with E-state index in [1.807, 2.05) is 18.2 Å². The lowest BCUT2D eigenvalue weighted by molar-refractivity contribution is 0.185. The molecule has 98 valence electrons. The first-order chi connectivity index (χ1) is 8.36. The van der Waals surface area contributed by atoms with Gasteiger partial charge in [0.15, 0.2) is 5.96 Å². The van der Waals surface area contributed by atoms with Crippen LogP contribution in [-0.4, -0.2) is 23.4 Å². The lowest BCUT2D eigenvalue weighted by atomic mass is 9.90. The standard InChI is InChI=1S/C13H17BrClN3/c1-8(2)18-12(16)17-7-13(18,3)10-5-4-9(14)6-11(10)15/h4-6,8H,7H2,1-3H3,(H2,16,17). The van der Waals surface area contributed by atoms with Crippen LogP contribution >= 0.6 is 27.5 Å². The number of aliphatic imine (C=N–C) groups is 1. The number of nitrogens with zero attached hydrogens (tertiary/aromatic N) is 2. The number of nitrogens with two attached hydrogens (primary N) is 1. The third-order valence-corrected chi connectivity index (χ3v) is 4.16. The Labute approximate surface area is 121 Å². The minimum absolute atomic E-state index is 0.268. The summed E-state index contributed by atoms with van der Waals surface area (Å²) in [5, 5.41) is 0.738. The maximum Gasteiger partial charge on any atom is 0.192 e. The predicted molar refractivity (Wildman–Crippen MR) is 80.0 cm³/mol. The molecule has 5 heteroatoms. The molecule has 0 amide bonds. The van der Waals surface area contributed by atoms with Gasteiger partial charge in [-0.25, -0.2) is 0 Å². The molecule has 1 unspecified atom stereocenters. The minimum Gasteiger partial charge on any atom is -0.370 e. The van der Waals surface area contributed by atoms with Gasteiger partial charge in [-0.2, -0.15) is 0 Å². The van der Waals surface area contributed by atoms with Gasteiger partial charge in [0, 0.05) is 15.5 Å². The van der Waals surface area contributed by atoms with E-state index in [1.54, 1.807) is 0 Å². The predicted octanol–water partition coefficient (Wildman–Crippen LogP) is 3.36. The van der Waals surface area contributed by atoms with E-state index < -0.39 is 0 Å². The van der Waals surface area contributed by atoms with Gasteiger partial charge < -0.3 is 10.6 Å². The highest BCUT2D eigenvalue weighted by atomic mass is 79.9. The Hall–Kier alpha value is -0.740. The van der Waals surface area contributed by atoms with E-state index in [0.717, 1.165) is 15.1 Å². The molecule has 1 heterocycles. The molecule has 0 saturated heterocycles. The Kier molecular flexibility index (Phi) is 3.60. The van der Waals surface area contributed by atoms with Crippen molar-refractivity contribution in [1.29, 1.82) is 0 Å².